The molecule has 3 aromatic carbocycles. The van der Waals surface area contributed by atoms with Crippen LogP contribution in [0.3, 0.4) is 0 Å². The van der Waals surface area contributed by atoms with Gasteiger partial charge in [0, 0.05) is 27.5 Å². The molecule has 3 amide bonds. The Balaban J connectivity index is 1.56. The minimum Gasteiger partial charge on any atom is -0.325 e. The highest BCUT2D eigenvalue weighted by Crippen LogP contribution is 2.23. The molecule has 3 N–H and O–H groups in total. The van der Waals surface area contributed by atoms with E-state index in [0.29, 0.717) is 22.1 Å². The summed E-state index contributed by atoms with van der Waals surface area (Å²) in [6, 6.07) is 18.1. The van der Waals surface area contributed by atoms with E-state index in [-0.39, 0.29) is 12.3 Å². The molecule has 0 fully saturated rings. The molecule has 0 saturated carbocycles. The summed E-state index contributed by atoms with van der Waals surface area (Å²) in [6.45, 7) is 3.38. The number of nitrogens with zero attached hydrogens (tertiary/aromatic N) is 1. The molecule has 3 aromatic rings. The number of carbonyl (C=O) groups is 3. The number of nitrogens with one attached hydrogen (secondary N) is 3. The largest absolute Gasteiger partial charge is 0.329 e. The highest BCUT2D eigenvalue weighted by atomic mass is 35.5. The van der Waals surface area contributed by atoms with E-state index in [1.807, 2.05) is 30.3 Å². The van der Waals surface area contributed by atoms with Crippen molar-refractivity contribution < 1.29 is 14.4 Å². The second-order valence-corrected chi connectivity index (χ2v) is 7.31. The minimum absolute atomic E-state index is 0.0584. The van der Waals surface area contributed by atoms with E-state index in [2.05, 4.69) is 21.2 Å². The van der Waals surface area contributed by atoms with E-state index in [4.69, 9.17) is 11.6 Å². The number of benzene rings is 3. The maximum Gasteiger partial charge on any atom is 0.329 e. The number of hydrazone groups is 1. The topological polar surface area (TPSA) is 99.7 Å². The first kappa shape index (κ1) is 22.0. The van der Waals surface area contributed by atoms with Crippen LogP contribution in [0.5, 0.6) is 0 Å². The molecule has 0 aliphatic rings. The van der Waals surface area contributed by atoms with Crippen LogP contribution in [-0.2, 0) is 14.4 Å². The van der Waals surface area contributed by atoms with Gasteiger partial charge in [0.05, 0.1) is 6.42 Å². The standard InChI is InChI=1S/C23H21ClN4O3/c1-14(13-21(29)25-19-11-6-10-18(24)15(19)2)27-28-23(31)22(30)26-20-12-5-8-16-7-3-4-9-17(16)20/h3-12H,13H2,1-2H3,(H,25,29)(H,26,30)(H,28,31)/b27-14+. The number of hydrogen-bond donors (Lipinski definition) is 3. The van der Waals surface area contributed by atoms with Gasteiger partial charge in [-0.25, -0.2) is 5.43 Å². The first-order valence-corrected chi connectivity index (χ1v) is 9.90. The highest BCUT2D eigenvalue weighted by Gasteiger charge is 2.15. The molecule has 0 unspecified atom stereocenters. The predicted octanol–water partition coefficient (Wildman–Crippen LogP) is 4.26. The van der Waals surface area contributed by atoms with Crippen molar-refractivity contribution in [2.24, 2.45) is 5.10 Å². The van der Waals surface area contributed by atoms with Gasteiger partial charge in [-0.2, -0.15) is 5.10 Å². The van der Waals surface area contributed by atoms with Gasteiger partial charge in [-0.15, -0.1) is 0 Å². The number of rotatable bonds is 5. The van der Waals surface area contributed by atoms with Crippen molar-refractivity contribution in [3.63, 3.8) is 0 Å². The fourth-order valence-electron chi connectivity index (χ4n) is 2.92. The van der Waals surface area contributed by atoms with Crippen LogP contribution < -0.4 is 16.1 Å². The van der Waals surface area contributed by atoms with Gasteiger partial charge in [-0.3, -0.25) is 14.4 Å². The lowest BCUT2D eigenvalue weighted by molar-refractivity contribution is -0.136. The Morgan fingerprint density at radius 3 is 2.35 bits per heavy atom. The third kappa shape index (κ3) is 5.67. The summed E-state index contributed by atoms with van der Waals surface area (Å²) in [5.41, 5.74) is 4.39. The summed E-state index contributed by atoms with van der Waals surface area (Å²) in [4.78, 5) is 36.5. The Morgan fingerprint density at radius 1 is 0.871 bits per heavy atom. The first-order chi connectivity index (χ1) is 14.8. The number of anilines is 2. The lowest BCUT2D eigenvalue weighted by Crippen LogP contribution is -2.33. The molecule has 0 heterocycles. The van der Waals surface area contributed by atoms with Crippen molar-refractivity contribution in [1.29, 1.82) is 0 Å². The van der Waals surface area contributed by atoms with Crippen LogP contribution in [0.4, 0.5) is 11.4 Å². The van der Waals surface area contributed by atoms with E-state index in [1.54, 1.807) is 44.2 Å². The zero-order valence-corrected chi connectivity index (χ0v) is 17.8. The van der Waals surface area contributed by atoms with Crippen molar-refractivity contribution in [3.05, 3.63) is 71.2 Å². The first-order valence-electron chi connectivity index (χ1n) is 9.52. The molecule has 0 radical (unpaired) electrons. The number of halogens is 1. The molecule has 0 aliphatic carbocycles. The Bertz CT molecular complexity index is 1190. The second kappa shape index (κ2) is 9.86. The summed E-state index contributed by atoms with van der Waals surface area (Å²) in [6.07, 6.45) is -0.0584. The van der Waals surface area contributed by atoms with E-state index < -0.39 is 11.8 Å². The van der Waals surface area contributed by atoms with E-state index in [0.717, 1.165) is 16.3 Å². The SMILES string of the molecule is C/C(CC(=O)Nc1cccc(Cl)c1C)=N\NC(=O)C(=O)Nc1cccc2ccccc12. The Kier molecular flexibility index (Phi) is 6.99. The van der Waals surface area contributed by atoms with Crippen molar-refractivity contribution in [3.8, 4) is 0 Å². The van der Waals surface area contributed by atoms with Crippen LogP contribution in [-0.4, -0.2) is 23.4 Å². The molecule has 7 nitrogen and oxygen atoms in total. The maximum absolute atomic E-state index is 12.2. The van der Waals surface area contributed by atoms with Gasteiger partial charge in [0.25, 0.3) is 0 Å². The summed E-state index contributed by atoms with van der Waals surface area (Å²) in [5.74, 6) is -2.11. The van der Waals surface area contributed by atoms with E-state index in [1.165, 1.54) is 0 Å². The molecular weight excluding hydrogens is 416 g/mol. The van der Waals surface area contributed by atoms with Crippen LogP contribution in [0.15, 0.2) is 65.8 Å². The molecule has 0 atom stereocenters. The molecular formula is C23H21ClN4O3. The molecule has 0 bridgehead atoms. The zero-order chi connectivity index (χ0) is 22.4. The third-order valence-electron chi connectivity index (χ3n) is 4.55. The maximum atomic E-state index is 12.2. The van der Waals surface area contributed by atoms with Gasteiger partial charge < -0.3 is 10.6 Å². The van der Waals surface area contributed by atoms with Crippen molar-refractivity contribution >= 4 is 57.2 Å². The summed E-state index contributed by atoms with van der Waals surface area (Å²) in [5, 5.41) is 11.5. The number of fused-ring (bicyclic) bond motifs is 1. The smallest absolute Gasteiger partial charge is 0.325 e. The average molecular weight is 437 g/mol. The Labute approximate surface area is 184 Å². The van der Waals surface area contributed by atoms with Crippen molar-refractivity contribution in [2.45, 2.75) is 20.3 Å². The molecule has 0 spiro atoms. The normalized spacial score (nSPS) is 11.1. The van der Waals surface area contributed by atoms with Gasteiger partial charge in [0.15, 0.2) is 0 Å². The highest BCUT2D eigenvalue weighted by molar-refractivity contribution is 6.40. The average Bonchev–Trinajstić information content (AvgIpc) is 2.75. The van der Waals surface area contributed by atoms with Crippen LogP contribution in [0.25, 0.3) is 10.8 Å². The van der Waals surface area contributed by atoms with Gasteiger partial charge in [-0.1, -0.05) is 54.1 Å². The quantitative estimate of drug-likeness (QED) is 0.316. The molecule has 158 valence electrons. The fourth-order valence-corrected chi connectivity index (χ4v) is 3.09. The van der Waals surface area contributed by atoms with Crippen molar-refractivity contribution in [1.82, 2.24) is 5.43 Å². The molecule has 8 heteroatoms. The lowest BCUT2D eigenvalue weighted by Gasteiger charge is -2.10. The van der Waals surface area contributed by atoms with Crippen LogP contribution >= 0.6 is 11.6 Å². The predicted molar refractivity (Wildman–Crippen MR) is 123 cm³/mol. The number of carbonyl (C=O) groups excluding carboxylic acids is 3. The van der Waals surface area contributed by atoms with Gasteiger partial charge in [0.1, 0.15) is 0 Å². The van der Waals surface area contributed by atoms with Gasteiger partial charge >= 0.3 is 11.8 Å². The van der Waals surface area contributed by atoms with Crippen molar-refractivity contribution in [2.75, 3.05) is 10.6 Å². The minimum atomic E-state index is -0.932. The number of hydrogen-bond acceptors (Lipinski definition) is 4. The molecule has 0 aromatic heterocycles. The van der Waals surface area contributed by atoms with Crippen LogP contribution in [0, 0.1) is 6.92 Å². The molecule has 0 aliphatic heterocycles. The summed E-state index contributed by atoms with van der Waals surface area (Å²) >= 11 is 6.05. The summed E-state index contributed by atoms with van der Waals surface area (Å²) < 4.78 is 0. The van der Waals surface area contributed by atoms with Gasteiger partial charge in [0.2, 0.25) is 5.91 Å². The number of amides is 3. The fraction of sp³-hybridized carbons (Fsp3) is 0.130. The molecule has 31 heavy (non-hydrogen) atoms. The third-order valence-corrected chi connectivity index (χ3v) is 4.96. The summed E-state index contributed by atoms with van der Waals surface area (Å²) in [7, 11) is 0. The van der Waals surface area contributed by atoms with E-state index in [9.17, 15) is 14.4 Å². The Morgan fingerprint density at radius 2 is 1.55 bits per heavy atom. The Hall–Kier alpha value is -3.71. The van der Waals surface area contributed by atoms with Crippen LogP contribution in [0.2, 0.25) is 5.02 Å². The molecule has 3 rings (SSSR count). The lowest BCUT2D eigenvalue weighted by atomic mass is 10.1. The second-order valence-electron chi connectivity index (χ2n) is 6.91. The monoisotopic (exact) mass is 436 g/mol. The molecule has 0 saturated heterocycles. The van der Waals surface area contributed by atoms with Gasteiger partial charge in [-0.05, 0) is 43.0 Å². The zero-order valence-electron chi connectivity index (χ0n) is 17.0. The van der Waals surface area contributed by atoms with E-state index >= 15 is 0 Å². The van der Waals surface area contributed by atoms with Crippen LogP contribution in [0.1, 0.15) is 18.9 Å².